The summed E-state index contributed by atoms with van der Waals surface area (Å²) < 4.78 is 0. The van der Waals surface area contributed by atoms with Crippen LogP contribution in [-0.4, -0.2) is 44.1 Å². The molecule has 0 aliphatic carbocycles. The molecule has 0 aromatic carbocycles. The van der Waals surface area contributed by atoms with Gasteiger partial charge in [-0.3, -0.25) is 0 Å². The maximum Gasteiger partial charge on any atom is 0.335 e. The van der Waals surface area contributed by atoms with Gasteiger partial charge in [-0.1, -0.05) is 0 Å². The van der Waals surface area contributed by atoms with Gasteiger partial charge in [0, 0.05) is 6.42 Å². The smallest absolute Gasteiger partial charge is 0.335 e. The molecule has 0 spiro atoms. The highest BCUT2D eigenvalue weighted by atomic mass is 16.4. The summed E-state index contributed by atoms with van der Waals surface area (Å²) >= 11 is 0. The van der Waals surface area contributed by atoms with Crippen molar-refractivity contribution in [3.8, 4) is 0 Å². The SMILES string of the molecule is CC(O)(CC(O)C(=O)O)C(=O)O. The van der Waals surface area contributed by atoms with Crippen molar-refractivity contribution in [1.82, 2.24) is 0 Å². The van der Waals surface area contributed by atoms with Crippen LogP contribution in [0.1, 0.15) is 13.3 Å². The monoisotopic (exact) mass is 178 g/mol. The Morgan fingerprint density at radius 2 is 1.83 bits per heavy atom. The van der Waals surface area contributed by atoms with Gasteiger partial charge in [-0.05, 0) is 6.92 Å². The zero-order valence-electron chi connectivity index (χ0n) is 6.39. The average molecular weight is 178 g/mol. The molecule has 0 saturated carbocycles. The first-order valence-corrected chi connectivity index (χ1v) is 3.14. The normalized spacial score (nSPS) is 17.9. The third-order valence-electron chi connectivity index (χ3n) is 1.34. The molecule has 0 saturated heterocycles. The molecule has 70 valence electrons. The fourth-order valence-corrected chi connectivity index (χ4v) is 0.551. The van der Waals surface area contributed by atoms with Crippen LogP contribution in [0.3, 0.4) is 0 Å². The van der Waals surface area contributed by atoms with Gasteiger partial charge in [0.1, 0.15) is 0 Å². The lowest BCUT2D eigenvalue weighted by molar-refractivity contribution is -0.163. The second-order valence-electron chi connectivity index (χ2n) is 2.64. The summed E-state index contributed by atoms with van der Waals surface area (Å²) in [5.74, 6) is -3.13. The van der Waals surface area contributed by atoms with Crippen molar-refractivity contribution in [1.29, 1.82) is 0 Å². The predicted molar refractivity (Wildman–Crippen MR) is 36.5 cm³/mol. The van der Waals surface area contributed by atoms with E-state index in [1.807, 2.05) is 0 Å². The average Bonchev–Trinajstić information content (AvgIpc) is 1.85. The minimum absolute atomic E-state index is 0.738. The van der Waals surface area contributed by atoms with Crippen molar-refractivity contribution in [2.75, 3.05) is 0 Å². The zero-order chi connectivity index (χ0) is 9.94. The first kappa shape index (κ1) is 10.9. The molecule has 6 heteroatoms. The van der Waals surface area contributed by atoms with E-state index in [-0.39, 0.29) is 0 Å². The predicted octanol–water partition coefficient (Wildman–Crippen LogP) is -1.34. The van der Waals surface area contributed by atoms with Crippen molar-refractivity contribution in [3.05, 3.63) is 0 Å². The molecule has 2 atom stereocenters. The van der Waals surface area contributed by atoms with Gasteiger partial charge in [-0.15, -0.1) is 0 Å². The number of carboxylic acid groups (broad SMARTS) is 2. The molecular formula is C6H10O6. The fraction of sp³-hybridized carbons (Fsp3) is 0.667. The lowest BCUT2D eigenvalue weighted by atomic mass is 9.99. The van der Waals surface area contributed by atoms with Gasteiger partial charge in [0.2, 0.25) is 0 Å². The molecule has 0 aromatic heterocycles. The Kier molecular flexibility index (Phi) is 3.17. The highest BCUT2D eigenvalue weighted by Crippen LogP contribution is 2.12. The molecule has 0 radical (unpaired) electrons. The largest absolute Gasteiger partial charge is 0.479 e. The summed E-state index contributed by atoms with van der Waals surface area (Å²) in [6.07, 6.45) is -2.60. The fourth-order valence-electron chi connectivity index (χ4n) is 0.551. The van der Waals surface area contributed by atoms with E-state index in [9.17, 15) is 9.59 Å². The Labute approximate surface area is 68.1 Å². The molecule has 0 amide bonds. The van der Waals surface area contributed by atoms with Crippen LogP contribution in [0.5, 0.6) is 0 Å². The number of carbonyl (C=O) groups is 2. The van der Waals surface area contributed by atoms with Crippen LogP contribution in [0.2, 0.25) is 0 Å². The summed E-state index contributed by atoms with van der Waals surface area (Å²) in [5, 5.41) is 34.2. The molecule has 0 aliphatic heterocycles. The Morgan fingerprint density at radius 3 is 2.08 bits per heavy atom. The molecule has 0 fully saturated rings. The Hall–Kier alpha value is -1.14. The maximum atomic E-state index is 10.2. The standard InChI is InChI=1S/C6H10O6/c1-6(12,5(10)11)2-3(7)4(8)9/h3,7,12H,2H2,1H3,(H,8,9)(H,10,11). The summed E-state index contributed by atoms with van der Waals surface area (Å²) in [4.78, 5) is 20.3. The summed E-state index contributed by atoms with van der Waals surface area (Å²) in [5.41, 5.74) is -2.21. The molecular weight excluding hydrogens is 168 g/mol. The van der Waals surface area contributed by atoms with Crippen molar-refractivity contribution >= 4 is 11.9 Å². The van der Waals surface area contributed by atoms with Crippen molar-refractivity contribution in [2.24, 2.45) is 0 Å². The van der Waals surface area contributed by atoms with E-state index in [1.165, 1.54) is 0 Å². The van der Waals surface area contributed by atoms with E-state index in [4.69, 9.17) is 20.4 Å². The molecule has 4 N–H and O–H groups in total. The van der Waals surface area contributed by atoms with Gasteiger partial charge in [0.15, 0.2) is 11.7 Å². The minimum Gasteiger partial charge on any atom is -0.479 e. The van der Waals surface area contributed by atoms with Crippen LogP contribution in [0.15, 0.2) is 0 Å². The second kappa shape index (κ2) is 3.51. The summed E-state index contributed by atoms with van der Waals surface area (Å²) in [6, 6.07) is 0. The highest BCUT2D eigenvalue weighted by molar-refractivity contribution is 5.79. The number of aliphatic carboxylic acids is 2. The molecule has 12 heavy (non-hydrogen) atoms. The van der Waals surface area contributed by atoms with Gasteiger partial charge < -0.3 is 20.4 Å². The molecule has 0 bridgehead atoms. The Balaban J connectivity index is 4.24. The summed E-state index contributed by atoms with van der Waals surface area (Å²) in [6.45, 7) is 0.918. The van der Waals surface area contributed by atoms with E-state index < -0.39 is 30.1 Å². The van der Waals surface area contributed by atoms with Crippen LogP contribution < -0.4 is 0 Å². The number of carboxylic acids is 2. The third-order valence-corrected chi connectivity index (χ3v) is 1.34. The van der Waals surface area contributed by atoms with Gasteiger partial charge in [-0.25, -0.2) is 9.59 Å². The van der Waals surface area contributed by atoms with E-state index in [2.05, 4.69) is 0 Å². The van der Waals surface area contributed by atoms with E-state index in [1.54, 1.807) is 0 Å². The Morgan fingerprint density at radius 1 is 1.42 bits per heavy atom. The second-order valence-corrected chi connectivity index (χ2v) is 2.64. The number of aliphatic hydroxyl groups excluding tert-OH is 1. The van der Waals surface area contributed by atoms with Gasteiger partial charge in [0.05, 0.1) is 0 Å². The number of rotatable bonds is 4. The molecule has 2 unspecified atom stereocenters. The van der Waals surface area contributed by atoms with Crippen LogP contribution in [0.25, 0.3) is 0 Å². The van der Waals surface area contributed by atoms with Crippen LogP contribution in [0.4, 0.5) is 0 Å². The minimum atomic E-state index is -2.21. The van der Waals surface area contributed by atoms with Crippen molar-refractivity contribution < 1.29 is 30.0 Å². The van der Waals surface area contributed by atoms with Gasteiger partial charge in [-0.2, -0.15) is 0 Å². The first-order chi connectivity index (χ1) is 5.27. The number of aliphatic hydroxyl groups is 2. The molecule has 0 aliphatic rings. The topological polar surface area (TPSA) is 115 Å². The quantitative estimate of drug-likeness (QED) is 0.423. The molecule has 0 heterocycles. The first-order valence-electron chi connectivity index (χ1n) is 3.14. The number of hydrogen-bond donors (Lipinski definition) is 4. The van der Waals surface area contributed by atoms with E-state index in [0.717, 1.165) is 6.92 Å². The zero-order valence-corrected chi connectivity index (χ0v) is 6.39. The van der Waals surface area contributed by atoms with Crippen molar-refractivity contribution in [2.45, 2.75) is 25.0 Å². The van der Waals surface area contributed by atoms with Crippen molar-refractivity contribution in [3.63, 3.8) is 0 Å². The maximum absolute atomic E-state index is 10.2. The lowest BCUT2D eigenvalue weighted by Gasteiger charge is -2.18. The van der Waals surface area contributed by atoms with Gasteiger partial charge in [0.25, 0.3) is 0 Å². The summed E-state index contributed by atoms with van der Waals surface area (Å²) in [7, 11) is 0. The highest BCUT2D eigenvalue weighted by Gasteiger charge is 2.34. The Bertz CT molecular complexity index is 196. The number of hydrogen-bond acceptors (Lipinski definition) is 4. The molecule has 0 aromatic rings. The molecule has 6 nitrogen and oxygen atoms in total. The van der Waals surface area contributed by atoms with Gasteiger partial charge >= 0.3 is 11.9 Å². The van der Waals surface area contributed by atoms with Crippen LogP contribution >= 0.6 is 0 Å². The van der Waals surface area contributed by atoms with E-state index in [0.29, 0.717) is 0 Å². The molecule has 0 rings (SSSR count). The third kappa shape index (κ3) is 2.85. The van der Waals surface area contributed by atoms with Crippen LogP contribution in [0, 0.1) is 0 Å². The van der Waals surface area contributed by atoms with E-state index >= 15 is 0 Å². The lowest BCUT2D eigenvalue weighted by Crippen LogP contribution is -2.40. The van der Waals surface area contributed by atoms with Crippen LogP contribution in [-0.2, 0) is 9.59 Å².